The summed E-state index contributed by atoms with van der Waals surface area (Å²) in [4.78, 5) is 11.1. The van der Waals surface area contributed by atoms with Crippen molar-refractivity contribution in [3.05, 3.63) is 42.2 Å². The maximum atomic E-state index is 9.55. The van der Waals surface area contributed by atoms with E-state index in [1.54, 1.807) is 0 Å². The quantitative estimate of drug-likeness (QED) is 0.941. The van der Waals surface area contributed by atoms with Gasteiger partial charge in [-0.05, 0) is 30.4 Å². The van der Waals surface area contributed by atoms with Crippen molar-refractivity contribution in [2.24, 2.45) is 0 Å². The van der Waals surface area contributed by atoms with E-state index in [0.29, 0.717) is 0 Å². The van der Waals surface area contributed by atoms with Crippen molar-refractivity contribution < 1.29 is 5.11 Å². The lowest BCUT2D eigenvalue weighted by atomic mass is 10.0. The minimum atomic E-state index is -0.169. The SMILES string of the molecule is CCc1cccc(-c2cnc(N3CCC(O)CC3)nc2)c1. The number of piperidine rings is 1. The molecule has 1 aliphatic heterocycles. The normalized spacial score (nSPS) is 16.2. The molecule has 1 fully saturated rings. The molecular formula is C17H21N3O. The van der Waals surface area contributed by atoms with Crippen LogP contribution in [0.5, 0.6) is 0 Å². The smallest absolute Gasteiger partial charge is 0.225 e. The Hall–Kier alpha value is -1.94. The summed E-state index contributed by atoms with van der Waals surface area (Å²) in [6, 6.07) is 8.50. The predicted octanol–water partition coefficient (Wildman–Crippen LogP) is 2.67. The zero-order valence-electron chi connectivity index (χ0n) is 12.4. The summed E-state index contributed by atoms with van der Waals surface area (Å²) in [5.41, 5.74) is 3.53. The minimum Gasteiger partial charge on any atom is -0.393 e. The molecule has 2 heterocycles. The fraction of sp³-hybridized carbons (Fsp3) is 0.412. The number of aliphatic hydroxyl groups is 1. The summed E-state index contributed by atoms with van der Waals surface area (Å²) >= 11 is 0. The van der Waals surface area contributed by atoms with E-state index in [0.717, 1.165) is 49.4 Å². The Bertz CT molecular complexity index is 589. The predicted molar refractivity (Wildman–Crippen MR) is 84.3 cm³/mol. The van der Waals surface area contributed by atoms with Crippen LogP contribution in [0, 0.1) is 0 Å². The first-order valence-corrected chi connectivity index (χ1v) is 7.60. The van der Waals surface area contributed by atoms with Gasteiger partial charge in [0.25, 0.3) is 0 Å². The minimum absolute atomic E-state index is 0.169. The van der Waals surface area contributed by atoms with Crippen LogP contribution in [-0.2, 0) is 6.42 Å². The molecule has 0 bridgehead atoms. The van der Waals surface area contributed by atoms with Gasteiger partial charge in [0.1, 0.15) is 0 Å². The Kier molecular flexibility index (Phi) is 4.15. The molecule has 0 amide bonds. The zero-order chi connectivity index (χ0) is 14.7. The number of hydrogen-bond acceptors (Lipinski definition) is 4. The number of aliphatic hydroxyl groups excluding tert-OH is 1. The van der Waals surface area contributed by atoms with Crippen molar-refractivity contribution >= 4 is 5.95 Å². The van der Waals surface area contributed by atoms with E-state index < -0.39 is 0 Å². The second-order valence-corrected chi connectivity index (χ2v) is 5.54. The van der Waals surface area contributed by atoms with E-state index in [1.807, 2.05) is 12.4 Å². The van der Waals surface area contributed by atoms with Gasteiger partial charge in [0.15, 0.2) is 0 Å². The van der Waals surface area contributed by atoms with Crippen LogP contribution >= 0.6 is 0 Å². The zero-order valence-corrected chi connectivity index (χ0v) is 12.4. The lowest BCUT2D eigenvalue weighted by Crippen LogP contribution is -2.36. The van der Waals surface area contributed by atoms with Gasteiger partial charge in [-0.3, -0.25) is 0 Å². The molecule has 1 saturated heterocycles. The van der Waals surface area contributed by atoms with Gasteiger partial charge in [0, 0.05) is 31.0 Å². The lowest BCUT2D eigenvalue weighted by molar-refractivity contribution is 0.145. The molecule has 0 unspecified atom stereocenters. The van der Waals surface area contributed by atoms with Crippen LogP contribution in [0.2, 0.25) is 0 Å². The molecule has 0 atom stereocenters. The van der Waals surface area contributed by atoms with Crippen LogP contribution in [0.4, 0.5) is 5.95 Å². The molecule has 1 aliphatic rings. The number of hydrogen-bond donors (Lipinski definition) is 1. The van der Waals surface area contributed by atoms with E-state index in [9.17, 15) is 5.11 Å². The highest BCUT2D eigenvalue weighted by Gasteiger charge is 2.18. The average molecular weight is 283 g/mol. The third kappa shape index (κ3) is 3.22. The van der Waals surface area contributed by atoms with Crippen LogP contribution < -0.4 is 4.90 Å². The van der Waals surface area contributed by atoms with Gasteiger partial charge in [-0.1, -0.05) is 31.2 Å². The Balaban J connectivity index is 1.77. The molecular weight excluding hydrogens is 262 g/mol. The lowest BCUT2D eigenvalue weighted by Gasteiger charge is -2.29. The third-order valence-corrected chi connectivity index (χ3v) is 4.05. The fourth-order valence-corrected chi connectivity index (χ4v) is 2.67. The van der Waals surface area contributed by atoms with Crippen LogP contribution in [0.25, 0.3) is 11.1 Å². The number of rotatable bonds is 3. The van der Waals surface area contributed by atoms with Crippen molar-refractivity contribution in [2.75, 3.05) is 18.0 Å². The molecule has 2 aromatic rings. The summed E-state index contributed by atoms with van der Waals surface area (Å²) in [6.07, 6.45) is 6.23. The highest BCUT2D eigenvalue weighted by molar-refractivity contribution is 5.62. The molecule has 1 aromatic heterocycles. The Morgan fingerprint density at radius 3 is 2.52 bits per heavy atom. The van der Waals surface area contributed by atoms with Crippen LogP contribution in [0.1, 0.15) is 25.3 Å². The molecule has 4 heteroatoms. The highest BCUT2D eigenvalue weighted by atomic mass is 16.3. The first-order valence-electron chi connectivity index (χ1n) is 7.60. The van der Waals surface area contributed by atoms with Gasteiger partial charge < -0.3 is 10.0 Å². The molecule has 110 valence electrons. The van der Waals surface area contributed by atoms with E-state index in [-0.39, 0.29) is 6.10 Å². The number of nitrogens with zero attached hydrogens (tertiary/aromatic N) is 3. The Morgan fingerprint density at radius 2 is 1.86 bits per heavy atom. The highest BCUT2D eigenvalue weighted by Crippen LogP contribution is 2.21. The van der Waals surface area contributed by atoms with Gasteiger partial charge in [-0.2, -0.15) is 0 Å². The van der Waals surface area contributed by atoms with Crippen LogP contribution in [0.3, 0.4) is 0 Å². The van der Waals surface area contributed by atoms with Gasteiger partial charge in [-0.15, -0.1) is 0 Å². The molecule has 0 spiro atoms. The third-order valence-electron chi connectivity index (χ3n) is 4.05. The first-order chi connectivity index (χ1) is 10.3. The number of aromatic nitrogens is 2. The van der Waals surface area contributed by atoms with Gasteiger partial charge in [0.05, 0.1) is 6.10 Å². The number of benzene rings is 1. The summed E-state index contributed by atoms with van der Waals surface area (Å²) < 4.78 is 0. The molecule has 1 N–H and O–H groups in total. The summed E-state index contributed by atoms with van der Waals surface area (Å²) in [5, 5.41) is 9.55. The topological polar surface area (TPSA) is 49.2 Å². The second-order valence-electron chi connectivity index (χ2n) is 5.54. The molecule has 4 nitrogen and oxygen atoms in total. The maximum Gasteiger partial charge on any atom is 0.225 e. The van der Waals surface area contributed by atoms with Crippen LogP contribution in [0.15, 0.2) is 36.7 Å². The van der Waals surface area contributed by atoms with E-state index >= 15 is 0 Å². The second kappa shape index (κ2) is 6.22. The fourth-order valence-electron chi connectivity index (χ4n) is 2.67. The Morgan fingerprint density at radius 1 is 1.14 bits per heavy atom. The summed E-state index contributed by atoms with van der Waals surface area (Å²) in [7, 11) is 0. The molecule has 0 radical (unpaired) electrons. The standard InChI is InChI=1S/C17H21N3O/c1-2-13-4-3-5-14(10-13)15-11-18-17(19-12-15)20-8-6-16(21)7-9-20/h3-5,10-12,16,21H,2,6-9H2,1H3. The molecule has 3 rings (SSSR count). The number of anilines is 1. The molecule has 21 heavy (non-hydrogen) atoms. The molecule has 0 aliphatic carbocycles. The molecule has 0 saturated carbocycles. The van der Waals surface area contributed by atoms with Gasteiger partial charge in [0.2, 0.25) is 5.95 Å². The molecule has 1 aromatic carbocycles. The van der Waals surface area contributed by atoms with Gasteiger partial charge in [-0.25, -0.2) is 9.97 Å². The van der Waals surface area contributed by atoms with E-state index in [1.165, 1.54) is 5.56 Å². The van der Waals surface area contributed by atoms with E-state index in [2.05, 4.69) is 46.1 Å². The van der Waals surface area contributed by atoms with Crippen molar-refractivity contribution in [3.8, 4) is 11.1 Å². The Labute approximate surface area is 125 Å². The summed E-state index contributed by atoms with van der Waals surface area (Å²) in [5.74, 6) is 0.761. The summed E-state index contributed by atoms with van der Waals surface area (Å²) in [6.45, 7) is 3.81. The van der Waals surface area contributed by atoms with Crippen molar-refractivity contribution in [1.82, 2.24) is 9.97 Å². The first kappa shape index (κ1) is 14.0. The largest absolute Gasteiger partial charge is 0.393 e. The van der Waals surface area contributed by atoms with Crippen molar-refractivity contribution in [2.45, 2.75) is 32.3 Å². The van der Waals surface area contributed by atoms with Crippen LogP contribution in [-0.4, -0.2) is 34.3 Å². The monoisotopic (exact) mass is 283 g/mol. The average Bonchev–Trinajstić information content (AvgIpc) is 2.56. The van der Waals surface area contributed by atoms with E-state index in [4.69, 9.17) is 0 Å². The van der Waals surface area contributed by atoms with Gasteiger partial charge >= 0.3 is 0 Å². The van der Waals surface area contributed by atoms with Crippen molar-refractivity contribution in [1.29, 1.82) is 0 Å². The number of aryl methyl sites for hydroxylation is 1. The maximum absolute atomic E-state index is 9.55. The van der Waals surface area contributed by atoms with Crippen molar-refractivity contribution in [3.63, 3.8) is 0 Å².